The maximum absolute atomic E-state index is 12.6. The topological polar surface area (TPSA) is 66.5 Å². The molecule has 0 spiro atoms. The van der Waals surface area contributed by atoms with Crippen molar-refractivity contribution in [3.8, 4) is 0 Å². The monoisotopic (exact) mass is 344 g/mol. The number of hydrogen-bond donors (Lipinski definition) is 1. The summed E-state index contributed by atoms with van der Waals surface area (Å²) in [7, 11) is -3.71. The van der Waals surface area contributed by atoms with Crippen LogP contribution in [0.4, 0.5) is 5.69 Å². The van der Waals surface area contributed by atoms with Gasteiger partial charge >= 0.3 is 0 Å². The third-order valence-electron chi connectivity index (χ3n) is 4.15. The van der Waals surface area contributed by atoms with Gasteiger partial charge in [-0.05, 0) is 50.1 Å². The van der Waals surface area contributed by atoms with Crippen LogP contribution in [0, 0.1) is 13.8 Å². The highest BCUT2D eigenvalue weighted by Gasteiger charge is 2.35. The van der Waals surface area contributed by atoms with E-state index in [1.54, 1.807) is 17.0 Å². The minimum atomic E-state index is -3.71. The van der Waals surface area contributed by atoms with Crippen molar-refractivity contribution >= 4 is 21.6 Å². The van der Waals surface area contributed by atoms with E-state index >= 15 is 0 Å². The van der Waals surface area contributed by atoms with E-state index in [1.807, 2.05) is 44.2 Å². The predicted molar refractivity (Wildman–Crippen MR) is 93.4 cm³/mol. The highest BCUT2D eigenvalue weighted by Crippen LogP contribution is 2.23. The molecule has 0 radical (unpaired) electrons. The van der Waals surface area contributed by atoms with Crippen molar-refractivity contribution in [2.45, 2.75) is 31.2 Å². The van der Waals surface area contributed by atoms with Crippen LogP contribution in [-0.4, -0.2) is 26.9 Å². The Hall–Kier alpha value is -2.18. The predicted octanol–water partition coefficient (Wildman–Crippen LogP) is 2.39. The summed E-state index contributed by atoms with van der Waals surface area (Å²) in [5.41, 5.74) is 2.77. The molecule has 126 valence electrons. The zero-order chi connectivity index (χ0) is 17.3. The van der Waals surface area contributed by atoms with Gasteiger partial charge in [0.05, 0.1) is 4.90 Å². The highest BCUT2D eigenvalue weighted by atomic mass is 32.2. The molecule has 0 aromatic heterocycles. The SMILES string of the molecule is Cc1ccc(N2CCC(NS(=O)(=O)c3cccc(C)c3)C2=O)cc1. The molecule has 1 aliphatic rings. The number of aryl methyl sites for hydroxylation is 2. The van der Waals surface area contributed by atoms with Gasteiger partial charge in [-0.3, -0.25) is 4.79 Å². The van der Waals surface area contributed by atoms with Gasteiger partial charge in [-0.25, -0.2) is 8.42 Å². The zero-order valence-corrected chi connectivity index (χ0v) is 14.5. The van der Waals surface area contributed by atoms with Gasteiger partial charge in [-0.2, -0.15) is 4.72 Å². The van der Waals surface area contributed by atoms with Crippen LogP contribution in [0.25, 0.3) is 0 Å². The molecule has 3 rings (SSSR count). The Kier molecular flexibility index (Phi) is 4.43. The van der Waals surface area contributed by atoms with Crippen LogP contribution < -0.4 is 9.62 Å². The number of carbonyl (C=O) groups excluding carboxylic acids is 1. The lowest BCUT2D eigenvalue weighted by Gasteiger charge is -2.17. The van der Waals surface area contributed by atoms with Gasteiger partial charge in [-0.1, -0.05) is 29.8 Å². The van der Waals surface area contributed by atoms with Crippen LogP contribution in [0.1, 0.15) is 17.5 Å². The average Bonchev–Trinajstić information content (AvgIpc) is 2.89. The lowest BCUT2D eigenvalue weighted by atomic mass is 10.2. The van der Waals surface area contributed by atoms with Crippen LogP contribution in [0.3, 0.4) is 0 Å². The quantitative estimate of drug-likeness (QED) is 0.926. The Morgan fingerprint density at radius 3 is 2.42 bits per heavy atom. The molecule has 1 fully saturated rings. The molecule has 1 amide bonds. The molecule has 1 atom stereocenters. The van der Waals surface area contributed by atoms with Gasteiger partial charge in [-0.15, -0.1) is 0 Å². The lowest BCUT2D eigenvalue weighted by molar-refractivity contribution is -0.118. The number of hydrogen-bond acceptors (Lipinski definition) is 3. The standard InChI is InChI=1S/C18H20N2O3S/c1-13-6-8-15(9-7-13)20-11-10-17(18(20)21)19-24(22,23)16-5-3-4-14(2)12-16/h3-9,12,17,19H,10-11H2,1-2H3. The number of sulfonamides is 1. The van der Waals surface area contributed by atoms with Gasteiger partial charge in [0.2, 0.25) is 15.9 Å². The second-order valence-corrected chi connectivity index (χ2v) is 7.82. The van der Waals surface area contributed by atoms with Crippen molar-refractivity contribution in [1.82, 2.24) is 4.72 Å². The van der Waals surface area contributed by atoms with Crippen LogP contribution >= 0.6 is 0 Å². The molecular weight excluding hydrogens is 324 g/mol. The number of amides is 1. The number of anilines is 1. The van der Waals surface area contributed by atoms with Gasteiger partial charge < -0.3 is 4.90 Å². The van der Waals surface area contributed by atoms with E-state index in [0.717, 1.165) is 16.8 Å². The van der Waals surface area contributed by atoms with Crippen LogP contribution in [0.5, 0.6) is 0 Å². The second-order valence-electron chi connectivity index (χ2n) is 6.10. The van der Waals surface area contributed by atoms with Crippen molar-refractivity contribution in [3.05, 3.63) is 59.7 Å². The maximum atomic E-state index is 12.6. The molecule has 0 aliphatic carbocycles. The molecule has 5 nitrogen and oxygen atoms in total. The molecule has 0 saturated carbocycles. The Labute approximate surface area is 142 Å². The smallest absolute Gasteiger partial charge is 0.245 e. The van der Waals surface area contributed by atoms with Crippen molar-refractivity contribution < 1.29 is 13.2 Å². The molecule has 0 bridgehead atoms. The summed E-state index contributed by atoms with van der Waals surface area (Å²) in [4.78, 5) is 14.4. The first kappa shape index (κ1) is 16.7. The van der Waals surface area contributed by atoms with Crippen LogP contribution in [-0.2, 0) is 14.8 Å². The number of nitrogens with one attached hydrogen (secondary N) is 1. The molecule has 1 aliphatic heterocycles. The Bertz CT molecular complexity index is 860. The maximum Gasteiger partial charge on any atom is 0.245 e. The fourth-order valence-corrected chi connectivity index (χ4v) is 4.14. The second kappa shape index (κ2) is 6.37. The molecular formula is C18H20N2O3S. The third kappa shape index (κ3) is 3.34. The van der Waals surface area contributed by atoms with Crippen LogP contribution in [0.2, 0.25) is 0 Å². The highest BCUT2D eigenvalue weighted by molar-refractivity contribution is 7.89. The fourth-order valence-electron chi connectivity index (χ4n) is 2.81. The number of benzene rings is 2. The molecule has 1 unspecified atom stereocenters. The summed E-state index contributed by atoms with van der Waals surface area (Å²) >= 11 is 0. The lowest BCUT2D eigenvalue weighted by Crippen LogP contribution is -2.41. The van der Waals surface area contributed by atoms with Crippen molar-refractivity contribution in [1.29, 1.82) is 0 Å². The van der Waals surface area contributed by atoms with E-state index in [0.29, 0.717) is 13.0 Å². The van der Waals surface area contributed by atoms with Crippen molar-refractivity contribution in [2.24, 2.45) is 0 Å². The Balaban J connectivity index is 1.77. The van der Waals surface area contributed by atoms with Crippen LogP contribution in [0.15, 0.2) is 53.4 Å². The fraction of sp³-hybridized carbons (Fsp3) is 0.278. The molecule has 6 heteroatoms. The number of rotatable bonds is 4. The Morgan fingerprint density at radius 1 is 1.04 bits per heavy atom. The zero-order valence-electron chi connectivity index (χ0n) is 13.7. The molecule has 24 heavy (non-hydrogen) atoms. The molecule has 1 heterocycles. The minimum absolute atomic E-state index is 0.184. The van der Waals surface area contributed by atoms with E-state index in [2.05, 4.69) is 4.72 Å². The summed E-state index contributed by atoms with van der Waals surface area (Å²) < 4.78 is 27.5. The van der Waals surface area contributed by atoms with E-state index in [-0.39, 0.29) is 10.8 Å². The van der Waals surface area contributed by atoms with Gasteiger partial charge in [0.25, 0.3) is 0 Å². The molecule has 2 aromatic rings. The first-order valence-corrected chi connectivity index (χ1v) is 9.32. The third-order valence-corrected chi connectivity index (χ3v) is 5.62. The number of carbonyl (C=O) groups is 1. The average molecular weight is 344 g/mol. The van der Waals surface area contributed by atoms with Crippen molar-refractivity contribution in [3.63, 3.8) is 0 Å². The first-order chi connectivity index (χ1) is 11.4. The Morgan fingerprint density at radius 2 is 1.75 bits per heavy atom. The van der Waals surface area contributed by atoms with E-state index < -0.39 is 16.1 Å². The molecule has 1 saturated heterocycles. The number of nitrogens with zero attached hydrogens (tertiary/aromatic N) is 1. The summed E-state index contributed by atoms with van der Waals surface area (Å²) in [6.45, 7) is 4.32. The van der Waals surface area contributed by atoms with E-state index in [9.17, 15) is 13.2 Å². The first-order valence-electron chi connectivity index (χ1n) is 7.84. The van der Waals surface area contributed by atoms with Crippen molar-refractivity contribution in [2.75, 3.05) is 11.4 Å². The molecule has 2 aromatic carbocycles. The largest absolute Gasteiger partial charge is 0.311 e. The summed E-state index contributed by atoms with van der Waals surface area (Å²) in [6.07, 6.45) is 0.456. The van der Waals surface area contributed by atoms with Gasteiger partial charge in [0, 0.05) is 12.2 Å². The van der Waals surface area contributed by atoms with Gasteiger partial charge in [0.1, 0.15) is 6.04 Å². The normalized spacial score (nSPS) is 18.2. The van der Waals surface area contributed by atoms with E-state index in [1.165, 1.54) is 6.07 Å². The summed E-state index contributed by atoms with van der Waals surface area (Å²) in [5, 5.41) is 0. The van der Waals surface area contributed by atoms with E-state index in [4.69, 9.17) is 0 Å². The minimum Gasteiger partial charge on any atom is -0.311 e. The molecule has 1 N–H and O–H groups in total. The van der Waals surface area contributed by atoms with Gasteiger partial charge in [0.15, 0.2) is 0 Å². The summed E-state index contributed by atoms with van der Waals surface area (Å²) in [5.74, 6) is -0.213. The summed E-state index contributed by atoms with van der Waals surface area (Å²) in [6, 6.07) is 13.6.